The Balaban J connectivity index is 1.93. The van der Waals surface area contributed by atoms with Gasteiger partial charge in [-0.15, -0.1) is 0 Å². The summed E-state index contributed by atoms with van der Waals surface area (Å²) >= 11 is 6.27. The van der Waals surface area contributed by atoms with Crippen LogP contribution in [0.2, 0.25) is 0 Å². The molecule has 0 radical (unpaired) electrons. The van der Waals surface area contributed by atoms with E-state index in [-0.39, 0.29) is 12.1 Å². The Morgan fingerprint density at radius 1 is 1.21 bits per heavy atom. The molecule has 132 valence electrons. The van der Waals surface area contributed by atoms with Crippen LogP contribution in [0.5, 0.6) is 0 Å². The number of hydrogen-bond acceptors (Lipinski definition) is 3. The van der Waals surface area contributed by atoms with Crippen LogP contribution in [-0.4, -0.2) is 53.7 Å². The van der Waals surface area contributed by atoms with Crippen LogP contribution in [0.4, 0.5) is 4.79 Å². The van der Waals surface area contributed by atoms with E-state index in [1.807, 2.05) is 39.0 Å². The van der Waals surface area contributed by atoms with E-state index in [1.165, 1.54) is 5.56 Å². The van der Waals surface area contributed by atoms with Crippen molar-refractivity contribution in [3.05, 3.63) is 47.5 Å². The molecule has 1 aromatic carbocycles. The minimum absolute atomic E-state index is 0.0786. The highest BCUT2D eigenvalue weighted by molar-refractivity contribution is 6.29. The first-order valence-electron chi connectivity index (χ1n) is 8.36. The fraction of sp³-hybridized carbons (Fsp3) is 0.526. The Labute approximate surface area is 150 Å². The molecule has 1 heterocycles. The molecule has 1 saturated heterocycles. The summed E-state index contributed by atoms with van der Waals surface area (Å²) in [7, 11) is 0. The normalized spacial score (nSPS) is 17.4. The van der Waals surface area contributed by atoms with Crippen LogP contribution in [-0.2, 0) is 11.2 Å². The third-order valence-electron chi connectivity index (χ3n) is 4.04. The van der Waals surface area contributed by atoms with Gasteiger partial charge >= 0.3 is 6.09 Å². The van der Waals surface area contributed by atoms with Crippen LogP contribution in [0.25, 0.3) is 0 Å². The molecular weight excluding hydrogens is 324 g/mol. The summed E-state index contributed by atoms with van der Waals surface area (Å²) in [6.07, 6.45) is 0.585. The van der Waals surface area contributed by atoms with Crippen LogP contribution in [0.15, 0.2) is 41.9 Å². The lowest BCUT2D eigenvalue weighted by atomic mass is 10.0. The number of halogens is 1. The second-order valence-corrected chi connectivity index (χ2v) is 7.64. The van der Waals surface area contributed by atoms with Gasteiger partial charge in [-0.25, -0.2) is 4.79 Å². The number of hydrogen-bond donors (Lipinski definition) is 0. The monoisotopic (exact) mass is 350 g/mol. The van der Waals surface area contributed by atoms with E-state index in [0.717, 1.165) is 19.5 Å². The first kappa shape index (κ1) is 18.8. The van der Waals surface area contributed by atoms with E-state index in [2.05, 4.69) is 23.6 Å². The van der Waals surface area contributed by atoms with Crippen molar-refractivity contribution >= 4 is 17.7 Å². The average Bonchev–Trinajstić information content (AvgIpc) is 2.52. The standard InChI is InChI=1S/C19H27ClN2O2/c1-15(20)17(14-16-8-6-5-7-9-16)21-10-12-22(13-11-21)18(23)24-19(2,3)4/h5-9,17H,1,10-14H2,2-4H3. The van der Waals surface area contributed by atoms with E-state index >= 15 is 0 Å². The van der Waals surface area contributed by atoms with Gasteiger partial charge in [-0.3, -0.25) is 4.90 Å². The molecule has 4 nitrogen and oxygen atoms in total. The van der Waals surface area contributed by atoms with Gasteiger partial charge in [0.25, 0.3) is 0 Å². The van der Waals surface area contributed by atoms with Crippen molar-refractivity contribution in [2.24, 2.45) is 0 Å². The lowest BCUT2D eigenvalue weighted by molar-refractivity contribution is 0.0121. The summed E-state index contributed by atoms with van der Waals surface area (Å²) in [5.41, 5.74) is 0.771. The SMILES string of the molecule is C=C(Cl)C(Cc1ccccc1)N1CCN(C(=O)OC(C)(C)C)CC1. The zero-order chi connectivity index (χ0) is 17.7. The molecule has 24 heavy (non-hydrogen) atoms. The Morgan fingerprint density at radius 2 is 1.79 bits per heavy atom. The van der Waals surface area contributed by atoms with Crippen molar-refractivity contribution in [3.63, 3.8) is 0 Å². The molecule has 1 unspecified atom stereocenters. The number of nitrogens with zero attached hydrogens (tertiary/aromatic N) is 2. The molecule has 2 rings (SSSR count). The number of carbonyl (C=O) groups excluding carboxylic acids is 1. The van der Waals surface area contributed by atoms with E-state index in [0.29, 0.717) is 18.1 Å². The predicted molar refractivity (Wildman–Crippen MR) is 98.3 cm³/mol. The van der Waals surface area contributed by atoms with Gasteiger partial charge in [0.2, 0.25) is 0 Å². The minimum atomic E-state index is -0.464. The van der Waals surface area contributed by atoms with Crippen LogP contribution in [0.3, 0.4) is 0 Å². The molecule has 1 aliphatic heterocycles. The van der Waals surface area contributed by atoms with Gasteiger partial charge in [0.15, 0.2) is 0 Å². The first-order chi connectivity index (χ1) is 11.3. The fourth-order valence-electron chi connectivity index (χ4n) is 2.82. The third-order valence-corrected chi connectivity index (χ3v) is 4.29. The smallest absolute Gasteiger partial charge is 0.410 e. The van der Waals surface area contributed by atoms with Crippen LogP contribution < -0.4 is 0 Å². The molecule has 0 saturated carbocycles. The van der Waals surface area contributed by atoms with Gasteiger partial charge in [0, 0.05) is 37.3 Å². The van der Waals surface area contributed by atoms with Gasteiger partial charge in [0.05, 0.1) is 0 Å². The number of benzene rings is 1. The lowest BCUT2D eigenvalue weighted by Gasteiger charge is -2.39. The van der Waals surface area contributed by atoms with Crippen molar-refractivity contribution in [1.82, 2.24) is 9.80 Å². The molecule has 0 aromatic heterocycles. The third kappa shape index (κ3) is 5.53. The van der Waals surface area contributed by atoms with E-state index in [1.54, 1.807) is 4.90 Å². The highest BCUT2D eigenvalue weighted by atomic mass is 35.5. The van der Waals surface area contributed by atoms with Crippen molar-refractivity contribution in [2.75, 3.05) is 26.2 Å². The fourth-order valence-corrected chi connectivity index (χ4v) is 3.03. The quantitative estimate of drug-likeness (QED) is 0.825. The van der Waals surface area contributed by atoms with Crippen LogP contribution in [0, 0.1) is 0 Å². The van der Waals surface area contributed by atoms with E-state index in [4.69, 9.17) is 16.3 Å². The molecule has 5 heteroatoms. The molecule has 1 amide bonds. The zero-order valence-corrected chi connectivity index (χ0v) is 15.6. The molecular formula is C19H27ClN2O2. The summed E-state index contributed by atoms with van der Waals surface area (Å²) < 4.78 is 5.44. The molecule has 1 aromatic rings. The highest BCUT2D eigenvalue weighted by Crippen LogP contribution is 2.21. The second-order valence-electron chi connectivity index (χ2n) is 7.16. The van der Waals surface area contributed by atoms with Gasteiger partial charge in [-0.1, -0.05) is 48.5 Å². The number of ether oxygens (including phenoxy) is 1. The van der Waals surface area contributed by atoms with Crippen molar-refractivity contribution in [2.45, 2.75) is 38.8 Å². The Bertz CT molecular complexity index is 560. The second kappa shape index (κ2) is 8.04. The maximum Gasteiger partial charge on any atom is 0.410 e. The van der Waals surface area contributed by atoms with Crippen molar-refractivity contribution in [3.8, 4) is 0 Å². The topological polar surface area (TPSA) is 32.8 Å². The lowest BCUT2D eigenvalue weighted by Crippen LogP contribution is -2.53. The summed E-state index contributed by atoms with van der Waals surface area (Å²) in [5.74, 6) is 0. The first-order valence-corrected chi connectivity index (χ1v) is 8.74. The molecule has 1 fully saturated rings. The van der Waals surface area contributed by atoms with Crippen molar-refractivity contribution < 1.29 is 9.53 Å². The molecule has 0 N–H and O–H groups in total. The van der Waals surface area contributed by atoms with Crippen LogP contribution in [0.1, 0.15) is 26.3 Å². The van der Waals surface area contributed by atoms with E-state index in [9.17, 15) is 4.79 Å². The van der Waals surface area contributed by atoms with Crippen LogP contribution >= 0.6 is 11.6 Å². The Morgan fingerprint density at radius 3 is 2.29 bits per heavy atom. The number of carbonyl (C=O) groups is 1. The Kier molecular flexibility index (Phi) is 6.30. The molecule has 0 bridgehead atoms. The number of piperazine rings is 1. The minimum Gasteiger partial charge on any atom is -0.444 e. The zero-order valence-electron chi connectivity index (χ0n) is 14.8. The summed E-state index contributed by atoms with van der Waals surface area (Å²) in [5, 5.41) is 0.643. The maximum absolute atomic E-state index is 12.2. The summed E-state index contributed by atoms with van der Waals surface area (Å²) in [6, 6.07) is 10.4. The molecule has 0 aliphatic carbocycles. The molecule has 1 aliphatic rings. The van der Waals surface area contributed by atoms with E-state index < -0.39 is 5.60 Å². The Hall–Kier alpha value is -1.52. The molecule has 1 atom stereocenters. The predicted octanol–water partition coefficient (Wildman–Crippen LogP) is 3.90. The summed E-state index contributed by atoms with van der Waals surface area (Å²) in [4.78, 5) is 16.2. The van der Waals surface area contributed by atoms with Gasteiger partial charge in [-0.2, -0.15) is 0 Å². The number of rotatable bonds is 4. The van der Waals surface area contributed by atoms with Crippen molar-refractivity contribution in [1.29, 1.82) is 0 Å². The highest BCUT2D eigenvalue weighted by Gasteiger charge is 2.29. The number of amides is 1. The van der Waals surface area contributed by atoms with Gasteiger partial charge in [0.1, 0.15) is 5.60 Å². The summed E-state index contributed by atoms with van der Waals surface area (Å²) in [6.45, 7) is 12.4. The average molecular weight is 351 g/mol. The largest absolute Gasteiger partial charge is 0.444 e. The molecule has 0 spiro atoms. The van der Waals surface area contributed by atoms with Gasteiger partial charge < -0.3 is 9.64 Å². The maximum atomic E-state index is 12.2. The van der Waals surface area contributed by atoms with Gasteiger partial charge in [-0.05, 0) is 32.8 Å².